The van der Waals surface area contributed by atoms with Gasteiger partial charge in [-0.15, -0.1) is 16.8 Å². The standard InChI is InChI=1S/C21H28N4O2S/c1-5-12-25-19(17-8-6-7-9-18(17)27-4)22-23-21(25)28-16(3)20(26)24-13-10-15(2)11-14-24/h5-9,15-16H,1,10-14H2,2-4H3. The summed E-state index contributed by atoms with van der Waals surface area (Å²) in [4.78, 5) is 14.8. The first kappa shape index (κ1) is 20.5. The van der Waals surface area contributed by atoms with Crippen molar-refractivity contribution < 1.29 is 9.53 Å². The normalized spacial score (nSPS) is 16.0. The number of amides is 1. The molecule has 1 atom stereocenters. The maximum atomic E-state index is 12.9. The SMILES string of the molecule is C=CCn1c(SC(C)C(=O)N2CCC(C)CC2)nnc1-c1ccccc1OC. The van der Waals surface area contributed by atoms with Gasteiger partial charge in [-0.2, -0.15) is 0 Å². The van der Waals surface area contributed by atoms with Gasteiger partial charge >= 0.3 is 0 Å². The van der Waals surface area contributed by atoms with Crippen LogP contribution in [-0.4, -0.2) is 51.0 Å². The molecule has 0 N–H and O–H groups in total. The van der Waals surface area contributed by atoms with Crippen molar-refractivity contribution in [2.45, 2.75) is 43.6 Å². The molecule has 150 valence electrons. The van der Waals surface area contributed by atoms with Gasteiger partial charge in [0.05, 0.1) is 17.9 Å². The van der Waals surface area contributed by atoms with Gasteiger partial charge < -0.3 is 9.64 Å². The van der Waals surface area contributed by atoms with E-state index in [9.17, 15) is 4.79 Å². The van der Waals surface area contributed by atoms with Crippen molar-refractivity contribution in [3.8, 4) is 17.1 Å². The molecule has 0 bridgehead atoms. The molecule has 2 aromatic rings. The van der Waals surface area contributed by atoms with Crippen LogP contribution < -0.4 is 4.74 Å². The van der Waals surface area contributed by atoms with Crippen LogP contribution in [0.5, 0.6) is 5.75 Å². The van der Waals surface area contributed by atoms with Crippen LogP contribution in [0.25, 0.3) is 11.4 Å². The molecule has 6 nitrogen and oxygen atoms in total. The third kappa shape index (κ3) is 4.41. The Morgan fingerprint density at radius 3 is 2.75 bits per heavy atom. The zero-order valence-corrected chi connectivity index (χ0v) is 17.6. The van der Waals surface area contributed by atoms with Crippen molar-refractivity contribution in [1.29, 1.82) is 0 Å². The Bertz CT molecular complexity index is 828. The maximum absolute atomic E-state index is 12.9. The number of hydrogen-bond acceptors (Lipinski definition) is 5. The number of ether oxygens (including phenoxy) is 1. The van der Waals surface area contributed by atoms with E-state index < -0.39 is 0 Å². The van der Waals surface area contributed by atoms with E-state index in [4.69, 9.17) is 4.74 Å². The Morgan fingerprint density at radius 1 is 1.36 bits per heavy atom. The molecule has 1 saturated heterocycles. The fourth-order valence-electron chi connectivity index (χ4n) is 3.39. The van der Waals surface area contributed by atoms with Crippen LogP contribution in [-0.2, 0) is 11.3 Å². The summed E-state index contributed by atoms with van der Waals surface area (Å²) in [5.41, 5.74) is 0.871. The largest absolute Gasteiger partial charge is 0.496 e. The first-order valence-electron chi connectivity index (χ1n) is 9.68. The van der Waals surface area contributed by atoms with Crippen molar-refractivity contribution in [2.24, 2.45) is 5.92 Å². The molecule has 1 fully saturated rings. The van der Waals surface area contributed by atoms with Crippen molar-refractivity contribution in [3.05, 3.63) is 36.9 Å². The minimum Gasteiger partial charge on any atom is -0.496 e. The predicted octanol–water partition coefficient (Wildman–Crippen LogP) is 3.88. The van der Waals surface area contributed by atoms with Crippen LogP contribution in [0, 0.1) is 5.92 Å². The topological polar surface area (TPSA) is 60.2 Å². The highest BCUT2D eigenvalue weighted by atomic mass is 32.2. The van der Waals surface area contributed by atoms with Crippen molar-refractivity contribution in [1.82, 2.24) is 19.7 Å². The number of aromatic nitrogens is 3. The number of carbonyl (C=O) groups excluding carboxylic acids is 1. The van der Waals surface area contributed by atoms with Crippen LogP contribution in [0.2, 0.25) is 0 Å². The molecule has 0 saturated carbocycles. The third-order valence-corrected chi connectivity index (χ3v) is 6.17. The second-order valence-electron chi connectivity index (χ2n) is 7.17. The number of thioether (sulfide) groups is 1. The van der Waals surface area contributed by atoms with E-state index in [1.54, 1.807) is 7.11 Å². The van der Waals surface area contributed by atoms with E-state index in [1.165, 1.54) is 11.8 Å². The van der Waals surface area contributed by atoms with Crippen LogP contribution in [0.4, 0.5) is 0 Å². The predicted molar refractivity (Wildman–Crippen MR) is 113 cm³/mol. The summed E-state index contributed by atoms with van der Waals surface area (Å²) >= 11 is 1.45. The Hall–Kier alpha value is -2.28. The van der Waals surface area contributed by atoms with Crippen LogP contribution in [0.1, 0.15) is 26.7 Å². The summed E-state index contributed by atoms with van der Waals surface area (Å²) in [7, 11) is 1.64. The Morgan fingerprint density at radius 2 is 2.07 bits per heavy atom. The number of rotatable bonds is 7. The van der Waals surface area contributed by atoms with E-state index in [2.05, 4.69) is 23.7 Å². The van der Waals surface area contributed by atoms with Crippen LogP contribution in [0.3, 0.4) is 0 Å². The molecule has 1 aliphatic rings. The molecule has 0 spiro atoms. The lowest BCUT2D eigenvalue weighted by molar-refractivity contribution is -0.131. The van der Waals surface area contributed by atoms with Crippen molar-refractivity contribution in [2.75, 3.05) is 20.2 Å². The lowest BCUT2D eigenvalue weighted by Gasteiger charge is -2.31. The molecule has 1 unspecified atom stereocenters. The number of allylic oxidation sites excluding steroid dienone is 1. The number of nitrogens with zero attached hydrogens (tertiary/aromatic N) is 4. The zero-order chi connectivity index (χ0) is 20.1. The number of methoxy groups -OCH3 is 1. The van der Waals surface area contributed by atoms with Gasteiger partial charge in [0.1, 0.15) is 5.75 Å². The van der Waals surface area contributed by atoms with Gasteiger partial charge in [0, 0.05) is 19.6 Å². The number of carbonyl (C=O) groups is 1. The maximum Gasteiger partial charge on any atom is 0.235 e. The molecule has 1 amide bonds. The van der Waals surface area contributed by atoms with Gasteiger partial charge in [0.25, 0.3) is 0 Å². The first-order valence-corrected chi connectivity index (χ1v) is 10.6. The monoisotopic (exact) mass is 400 g/mol. The number of benzene rings is 1. The minimum atomic E-state index is -0.216. The van der Waals surface area contributed by atoms with E-state index in [-0.39, 0.29) is 11.2 Å². The van der Waals surface area contributed by atoms with E-state index in [0.717, 1.165) is 37.2 Å². The average Bonchev–Trinajstić information content (AvgIpc) is 3.10. The number of para-hydroxylation sites is 1. The van der Waals surface area contributed by atoms with Crippen LogP contribution in [0.15, 0.2) is 42.1 Å². The molecule has 3 rings (SSSR count). The highest BCUT2D eigenvalue weighted by Crippen LogP contribution is 2.32. The van der Waals surface area contributed by atoms with Gasteiger partial charge in [0.2, 0.25) is 5.91 Å². The Labute approximate surface area is 171 Å². The van der Waals surface area contributed by atoms with E-state index in [1.807, 2.05) is 46.7 Å². The second kappa shape index (κ2) is 9.28. The van der Waals surface area contributed by atoms with Crippen molar-refractivity contribution in [3.63, 3.8) is 0 Å². The van der Waals surface area contributed by atoms with E-state index >= 15 is 0 Å². The molecule has 28 heavy (non-hydrogen) atoms. The summed E-state index contributed by atoms with van der Waals surface area (Å²) in [6.45, 7) is 10.3. The van der Waals surface area contributed by atoms with Crippen molar-refractivity contribution >= 4 is 17.7 Å². The molecule has 7 heteroatoms. The fourth-order valence-corrected chi connectivity index (χ4v) is 4.34. The van der Waals surface area contributed by atoms with E-state index in [0.29, 0.717) is 23.4 Å². The minimum absolute atomic E-state index is 0.170. The number of likely N-dealkylation sites (tertiary alicyclic amines) is 1. The second-order valence-corrected chi connectivity index (χ2v) is 8.48. The fraction of sp³-hybridized carbons (Fsp3) is 0.476. The molecule has 1 aromatic heterocycles. The summed E-state index contributed by atoms with van der Waals surface area (Å²) in [5, 5.41) is 9.25. The zero-order valence-electron chi connectivity index (χ0n) is 16.8. The highest BCUT2D eigenvalue weighted by molar-refractivity contribution is 8.00. The molecule has 1 aliphatic heterocycles. The van der Waals surface area contributed by atoms with Gasteiger partial charge in [-0.25, -0.2) is 0 Å². The van der Waals surface area contributed by atoms with Gasteiger partial charge in [-0.05, 0) is 37.8 Å². The first-order chi connectivity index (χ1) is 13.5. The third-order valence-electron chi connectivity index (χ3n) is 5.10. The van der Waals surface area contributed by atoms with Gasteiger partial charge in [0.15, 0.2) is 11.0 Å². The molecule has 0 aliphatic carbocycles. The molecule has 1 aromatic carbocycles. The van der Waals surface area contributed by atoms with Crippen LogP contribution >= 0.6 is 11.8 Å². The quantitative estimate of drug-likeness (QED) is 0.521. The lowest BCUT2D eigenvalue weighted by atomic mass is 9.99. The number of hydrogen-bond donors (Lipinski definition) is 0. The summed E-state index contributed by atoms with van der Waals surface area (Å²) in [5.74, 6) is 2.32. The smallest absolute Gasteiger partial charge is 0.235 e. The molecule has 0 radical (unpaired) electrons. The van der Waals surface area contributed by atoms with Gasteiger partial charge in [-0.3, -0.25) is 9.36 Å². The summed E-state index contributed by atoms with van der Waals surface area (Å²) in [6, 6.07) is 7.73. The Balaban J connectivity index is 1.81. The summed E-state index contributed by atoms with van der Waals surface area (Å²) < 4.78 is 7.46. The molecular weight excluding hydrogens is 372 g/mol. The average molecular weight is 401 g/mol. The van der Waals surface area contributed by atoms with Gasteiger partial charge in [-0.1, -0.05) is 36.9 Å². The molecular formula is C21H28N4O2S. The molecule has 2 heterocycles. The number of piperidine rings is 1. The highest BCUT2D eigenvalue weighted by Gasteiger charge is 2.27. The lowest BCUT2D eigenvalue weighted by Crippen LogP contribution is -2.41. The Kier molecular flexibility index (Phi) is 6.78. The summed E-state index contributed by atoms with van der Waals surface area (Å²) in [6.07, 6.45) is 3.96.